The topological polar surface area (TPSA) is 52.6 Å². The standard InChI is InChI=1S/C12H14ClFO4S/c13-19(15,16)12-7-10(14)1-2-11(12)18-8-9-3-5-17-6-4-9/h1-2,7,9H,3-6,8H2. The van der Waals surface area contributed by atoms with Crippen LogP contribution in [0.5, 0.6) is 5.75 Å². The lowest BCUT2D eigenvalue weighted by Gasteiger charge is -2.22. The molecule has 1 aliphatic rings. The van der Waals surface area contributed by atoms with Gasteiger partial charge in [0.05, 0.1) is 6.61 Å². The molecule has 1 fully saturated rings. The van der Waals surface area contributed by atoms with Gasteiger partial charge in [-0.2, -0.15) is 0 Å². The molecule has 0 spiro atoms. The summed E-state index contributed by atoms with van der Waals surface area (Å²) in [4.78, 5) is -0.332. The van der Waals surface area contributed by atoms with Gasteiger partial charge in [-0.3, -0.25) is 0 Å². The Hall–Kier alpha value is -0.850. The molecule has 0 radical (unpaired) electrons. The summed E-state index contributed by atoms with van der Waals surface area (Å²) in [6, 6.07) is 3.29. The van der Waals surface area contributed by atoms with E-state index < -0.39 is 14.9 Å². The molecule has 0 aliphatic carbocycles. The lowest BCUT2D eigenvalue weighted by molar-refractivity contribution is 0.0493. The predicted octanol–water partition coefficient (Wildman–Crippen LogP) is 2.56. The van der Waals surface area contributed by atoms with Crippen molar-refractivity contribution in [1.82, 2.24) is 0 Å². The van der Waals surface area contributed by atoms with Crippen LogP contribution in [-0.4, -0.2) is 28.2 Å². The molecule has 0 aromatic heterocycles. The first-order valence-electron chi connectivity index (χ1n) is 5.91. The zero-order chi connectivity index (χ0) is 13.9. The molecular weight excluding hydrogens is 295 g/mol. The molecule has 4 nitrogen and oxygen atoms in total. The van der Waals surface area contributed by atoms with Gasteiger partial charge in [0, 0.05) is 23.9 Å². The smallest absolute Gasteiger partial charge is 0.265 e. The molecule has 1 aromatic rings. The normalized spacial score (nSPS) is 17.4. The Labute approximate surface area is 115 Å². The molecule has 1 heterocycles. The van der Waals surface area contributed by atoms with Crippen molar-refractivity contribution in [2.45, 2.75) is 17.7 Å². The predicted molar refractivity (Wildman–Crippen MR) is 68.5 cm³/mol. The van der Waals surface area contributed by atoms with E-state index in [1.54, 1.807) is 0 Å². The van der Waals surface area contributed by atoms with E-state index in [4.69, 9.17) is 20.2 Å². The highest BCUT2D eigenvalue weighted by atomic mass is 35.7. The summed E-state index contributed by atoms with van der Waals surface area (Å²) >= 11 is 0. The van der Waals surface area contributed by atoms with Gasteiger partial charge in [-0.1, -0.05) is 0 Å². The second-order valence-electron chi connectivity index (χ2n) is 4.40. The molecule has 0 saturated carbocycles. The highest BCUT2D eigenvalue weighted by molar-refractivity contribution is 8.13. The maximum absolute atomic E-state index is 13.1. The number of hydrogen-bond acceptors (Lipinski definition) is 4. The third-order valence-corrected chi connectivity index (χ3v) is 4.33. The van der Waals surface area contributed by atoms with Crippen molar-refractivity contribution in [3.05, 3.63) is 24.0 Å². The Morgan fingerprint density at radius 3 is 2.68 bits per heavy atom. The number of ether oxygens (including phenoxy) is 2. The molecule has 19 heavy (non-hydrogen) atoms. The fraction of sp³-hybridized carbons (Fsp3) is 0.500. The van der Waals surface area contributed by atoms with Crippen LogP contribution in [-0.2, 0) is 13.8 Å². The van der Waals surface area contributed by atoms with E-state index >= 15 is 0 Å². The zero-order valence-electron chi connectivity index (χ0n) is 10.1. The molecule has 106 valence electrons. The fourth-order valence-corrected chi connectivity index (χ4v) is 2.89. The van der Waals surface area contributed by atoms with Gasteiger partial charge in [-0.25, -0.2) is 12.8 Å². The molecular formula is C12H14ClFO4S. The van der Waals surface area contributed by atoms with Crippen molar-refractivity contribution in [1.29, 1.82) is 0 Å². The van der Waals surface area contributed by atoms with Crippen molar-refractivity contribution >= 4 is 19.7 Å². The van der Waals surface area contributed by atoms with Crippen LogP contribution < -0.4 is 4.74 Å². The SMILES string of the molecule is O=S(=O)(Cl)c1cc(F)ccc1OCC1CCOCC1. The monoisotopic (exact) mass is 308 g/mol. The van der Waals surface area contributed by atoms with Crippen LogP contribution in [0.3, 0.4) is 0 Å². The summed E-state index contributed by atoms with van der Waals surface area (Å²) in [6.45, 7) is 1.73. The summed E-state index contributed by atoms with van der Waals surface area (Å²) in [6.07, 6.45) is 1.73. The van der Waals surface area contributed by atoms with Crippen LogP contribution >= 0.6 is 10.7 Å². The maximum Gasteiger partial charge on any atom is 0.265 e. The zero-order valence-corrected chi connectivity index (χ0v) is 11.7. The Bertz CT molecular complexity index is 541. The van der Waals surface area contributed by atoms with Gasteiger partial charge in [0.2, 0.25) is 0 Å². The highest BCUT2D eigenvalue weighted by Gasteiger charge is 2.20. The van der Waals surface area contributed by atoms with Crippen LogP contribution in [0.15, 0.2) is 23.1 Å². The van der Waals surface area contributed by atoms with Gasteiger partial charge in [0.1, 0.15) is 16.5 Å². The Balaban J connectivity index is 2.11. The lowest BCUT2D eigenvalue weighted by atomic mass is 10.0. The summed E-state index contributed by atoms with van der Waals surface area (Å²) in [5.74, 6) is -0.273. The molecule has 0 unspecified atom stereocenters. The van der Waals surface area contributed by atoms with Gasteiger partial charge >= 0.3 is 0 Å². The number of rotatable bonds is 4. The molecule has 0 bridgehead atoms. The minimum absolute atomic E-state index is 0.0860. The van der Waals surface area contributed by atoms with E-state index in [2.05, 4.69) is 0 Å². The van der Waals surface area contributed by atoms with Crippen molar-refractivity contribution < 1.29 is 22.3 Å². The molecule has 1 aromatic carbocycles. The minimum Gasteiger partial charge on any atom is -0.492 e. The summed E-state index contributed by atoms with van der Waals surface area (Å²) in [5.41, 5.74) is 0. The first-order valence-corrected chi connectivity index (χ1v) is 8.22. The molecule has 7 heteroatoms. The summed E-state index contributed by atoms with van der Waals surface area (Å²) in [5, 5.41) is 0. The van der Waals surface area contributed by atoms with Crippen molar-refractivity contribution in [3.8, 4) is 5.75 Å². The summed E-state index contributed by atoms with van der Waals surface area (Å²) < 4.78 is 46.5. The van der Waals surface area contributed by atoms with E-state index in [0.717, 1.165) is 25.0 Å². The van der Waals surface area contributed by atoms with Crippen LogP contribution in [0.4, 0.5) is 4.39 Å². The molecule has 2 rings (SSSR count). The number of hydrogen-bond donors (Lipinski definition) is 0. The second-order valence-corrected chi connectivity index (χ2v) is 6.93. The molecule has 0 N–H and O–H groups in total. The van der Waals surface area contributed by atoms with Gasteiger partial charge in [-0.15, -0.1) is 0 Å². The van der Waals surface area contributed by atoms with Crippen LogP contribution in [0.2, 0.25) is 0 Å². The van der Waals surface area contributed by atoms with Crippen molar-refractivity contribution in [2.24, 2.45) is 5.92 Å². The van der Waals surface area contributed by atoms with Crippen molar-refractivity contribution in [3.63, 3.8) is 0 Å². The van der Waals surface area contributed by atoms with Crippen LogP contribution in [0.25, 0.3) is 0 Å². The number of benzene rings is 1. The van der Waals surface area contributed by atoms with E-state index in [9.17, 15) is 12.8 Å². The molecule has 1 aliphatic heterocycles. The minimum atomic E-state index is -4.03. The Morgan fingerprint density at radius 2 is 2.05 bits per heavy atom. The third kappa shape index (κ3) is 4.06. The van der Waals surface area contributed by atoms with Gasteiger partial charge < -0.3 is 9.47 Å². The van der Waals surface area contributed by atoms with E-state index in [1.165, 1.54) is 6.07 Å². The van der Waals surface area contributed by atoms with E-state index in [0.29, 0.717) is 25.7 Å². The van der Waals surface area contributed by atoms with Crippen LogP contribution in [0, 0.1) is 11.7 Å². The van der Waals surface area contributed by atoms with Crippen molar-refractivity contribution in [2.75, 3.05) is 19.8 Å². The third-order valence-electron chi connectivity index (χ3n) is 2.98. The molecule has 1 saturated heterocycles. The Kier molecular flexibility index (Phi) is 4.65. The molecule has 0 amide bonds. The molecule has 0 atom stereocenters. The number of halogens is 2. The van der Waals surface area contributed by atoms with E-state index in [1.807, 2.05) is 0 Å². The highest BCUT2D eigenvalue weighted by Crippen LogP contribution is 2.28. The van der Waals surface area contributed by atoms with E-state index in [-0.39, 0.29) is 10.6 Å². The van der Waals surface area contributed by atoms with Crippen LogP contribution in [0.1, 0.15) is 12.8 Å². The van der Waals surface area contributed by atoms with Gasteiger partial charge in [0.25, 0.3) is 9.05 Å². The van der Waals surface area contributed by atoms with Gasteiger partial charge in [0.15, 0.2) is 0 Å². The Morgan fingerprint density at radius 1 is 1.37 bits per heavy atom. The maximum atomic E-state index is 13.1. The first kappa shape index (κ1) is 14.6. The van der Waals surface area contributed by atoms with Gasteiger partial charge in [-0.05, 0) is 37.0 Å². The largest absolute Gasteiger partial charge is 0.492 e. The average Bonchev–Trinajstić information content (AvgIpc) is 2.37. The summed E-state index contributed by atoms with van der Waals surface area (Å²) in [7, 11) is 1.24. The average molecular weight is 309 g/mol. The fourth-order valence-electron chi connectivity index (χ4n) is 1.91. The first-order chi connectivity index (χ1) is 8.97. The lowest BCUT2D eigenvalue weighted by Crippen LogP contribution is -2.21. The quantitative estimate of drug-likeness (QED) is 0.802. The second kappa shape index (κ2) is 6.07.